The van der Waals surface area contributed by atoms with Crippen LogP contribution in [-0.2, 0) is 0 Å². The van der Waals surface area contributed by atoms with Crippen molar-refractivity contribution < 1.29 is 9.59 Å². The molecule has 0 radical (unpaired) electrons. The predicted molar refractivity (Wildman–Crippen MR) is 108 cm³/mol. The zero-order valence-electron chi connectivity index (χ0n) is 15.5. The van der Waals surface area contributed by atoms with E-state index >= 15 is 0 Å². The van der Waals surface area contributed by atoms with Crippen LogP contribution in [0.5, 0.6) is 0 Å². The summed E-state index contributed by atoms with van der Waals surface area (Å²) in [5.41, 5.74) is 1.74. The lowest BCUT2D eigenvalue weighted by molar-refractivity contribution is 0.0948. The number of para-hydroxylation sites is 1. The summed E-state index contributed by atoms with van der Waals surface area (Å²) in [4.78, 5) is 26.0. The molecule has 28 heavy (non-hydrogen) atoms. The highest BCUT2D eigenvalue weighted by molar-refractivity contribution is 6.34. The first-order valence-electron chi connectivity index (χ1n) is 8.81. The average Bonchev–Trinajstić information content (AvgIpc) is 3.17. The summed E-state index contributed by atoms with van der Waals surface area (Å²) in [7, 11) is 0. The Morgan fingerprint density at radius 2 is 1.86 bits per heavy atom. The van der Waals surface area contributed by atoms with Gasteiger partial charge in [0.25, 0.3) is 11.8 Å². The highest BCUT2D eigenvalue weighted by atomic mass is 35.5. The van der Waals surface area contributed by atoms with Crippen LogP contribution in [0.2, 0.25) is 5.02 Å². The molecular weight excluding hydrogens is 378 g/mol. The maximum absolute atomic E-state index is 12.4. The fraction of sp³-hybridized carbons (Fsp3) is 0.200. The minimum absolute atomic E-state index is 0.165. The Labute approximate surface area is 167 Å². The van der Waals surface area contributed by atoms with Gasteiger partial charge in [-0.1, -0.05) is 43.6 Å². The summed E-state index contributed by atoms with van der Waals surface area (Å²) in [6.07, 6.45) is 1.39. The molecule has 0 aliphatic heterocycles. The Balaban J connectivity index is 1.68. The van der Waals surface area contributed by atoms with Gasteiger partial charge in [-0.3, -0.25) is 9.59 Å². The second-order valence-electron chi connectivity index (χ2n) is 6.61. The summed E-state index contributed by atoms with van der Waals surface area (Å²) in [6, 6.07) is 14.0. The molecule has 7 nitrogen and oxygen atoms in total. The molecule has 0 spiro atoms. The van der Waals surface area contributed by atoms with Crippen LogP contribution in [0.25, 0.3) is 5.69 Å². The summed E-state index contributed by atoms with van der Waals surface area (Å²) in [5.74, 6) is -0.330. The van der Waals surface area contributed by atoms with Crippen LogP contribution in [0.4, 0.5) is 5.69 Å². The van der Waals surface area contributed by atoms with Crippen molar-refractivity contribution in [2.45, 2.75) is 13.8 Å². The van der Waals surface area contributed by atoms with Crippen LogP contribution in [0, 0.1) is 5.92 Å². The second-order valence-corrected chi connectivity index (χ2v) is 7.01. The molecule has 0 fully saturated rings. The fourth-order valence-corrected chi connectivity index (χ4v) is 2.68. The molecule has 0 atom stereocenters. The van der Waals surface area contributed by atoms with E-state index in [9.17, 15) is 9.59 Å². The zero-order chi connectivity index (χ0) is 20.1. The SMILES string of the molecule is CC(C)CNC(=O)c1ccc(NC(=O)c2cnn(-c3ccccc3)n2)cc1Cl. The highest BCUT2D eigenvalue weighted by Gasteiger charge is 2.15. The molecule has 1 aromatic heterocycles. The van der Waals surface area contributed by atoms with Crippen molar-refractivity contribution >= 4 is 29.1 Å². The van der Waals surface area contributed by atoms with Crippen molar-refractivity contribution in [3.05, 3.63) is 71.0 Å². The molecule has 3 aromatic rings. The second kappa shape index (κ2) is 8.67. The van der Waals surface area contributed by atoms with E-state index in [1.807, 2.05) is 44.2 Å². The number of aromatic nitrogens is 3. The van der Waals surface area contributed by atoms with E-state index in [1.165, 1.54) is 17.1 Å². The third-order valence-electron chi connectivity index (χ3n) is 3.85. The molecule has 3 rings (SSSR count). The first-order valence-corrected chi connectivity index (χ1v) is 9.18. The molecule has 2 aromatic carbocycles. The average molecular weight is 398 g/mol. The Bertz CT molecular complexity index is 985. The topological polar surface area (TPSA) is 88.9 Å². The number of carbonyl (C=O) groups excluding carboxylic acids is 2. The van der Waals surface area contributed by atoms with Crippen LogP contribution < -0.4 is 10.6 Å². The minimum atomic E-state index is -0.421. The van der Waals surface area contributed by atoms with E-state index in [4.69, 9.17) is 11.6 Å². The van der Waals surface area contributed by atoms with Crippen molar-refractivity contribution in [3.63, 3.8) is 0 Å². The van der Waals surface area contributed by atoms with Gasteiger partial charge in [-0.2, -0.15) is 9.90 Å². The number of halogens is 1. The fourth-order valence-electron chi connectivity index (χ4n) is 2.42. The van der Waals surface area contributed by atoms with E-state index in [-0.39, 0.29) is 16.6 Å². The Kier molecular flexibility index (Phi) is 6.06. The molecule has 0 bridgehead atoms. The predicted octanol–water partition coefficient (Wildman–Crippen LogP) is 3.56. The number of benzene rings is 2. The number of hydrogen-bond donors (Lipinski definition) is 2. The molecule has 0 unspecified atom stereocenters. The Hall–Kier alpha value is -3.19. The first kappa shape index (κ1) is 19.6. The van der Waals surface area contributed by atoms with Gasteiger partial charge in [0, 0.05) is 12.2 Å². The smallest absolute Gasteiger partial charge is 0.277 e. The quantitative estimate of drug-likeness (QED) is 0.665. The van der Waals surface area contributed by atoms with Crippen LogP contribution in [0.1, 0.15) is 34.7 Å². The van der Waals surface area contributed by atoms with Gasteiger partial charge in [0.15, 0.2) is 5.69 Å². The molecule has 144 valence electrons. The van der Waals surface area contributed by atoms with Crippen molar-refractivity contribution in [2.75, 3.05) is 11.9 Å². The number of carbonyl (C=O) groups is 2. The highest BCUT2D eigenvalue weighted by Crippen LogP contribution is 2.21. The van der Waals surface area contributed by atoms with Crippen LogP contribution in [0.3, 0.4) is 0 Å². The van der Waals surface area contributed by atoms with Crippen LogP contribution in [0.15, 0.2) is 54.7 Å². The number of nitrogens with zero attached hydrogens (tertiary/aromatic N) is 3. The van der Waals surface area contributed by atoms with Crippen molar-refractivity contribution in [1.29, 1.82) is 0 Å². The summed E-state index contributed by atoms with van der Waals surface area (Å²) in [5, 5.41) is 14.1. The lowest BCUT2D eigenvalue weighted by Crippen LogP contribution is -2.27. The zero-order valence-corrected chi connectivity index (χ0v) is 16.3. The van der Waals surface area contributed by atoms with Crippen molar-refractivity contribution in [1.82, 2.24) is 20.3 Å². The van der Waals surface area contributed by atoms with E-state index in [0.29, 0.717) is 23.7 Å². The molecule has 0 aliphatic carbocycles. The third kappa shape index (κ3) is 4.75. The van der Waals surface area contributed by atoms with E-state index in [0.717, 1.165) is 5.69 Å². The first-order chi connectivity index (χ1) is 13.4. The van der Waals surface area contributed by atoms with E-state index < -0.39 is 5.91 Å². The van der Waals surface area contributed by atoms with Gasteiger partial charge < -0.3 is 10.6 Å². The Morgan fingerprint density at radius 1 is 1.11 bits per heavy atom. The number of nitrogens with one attached hydrogen (secondary N) is 2. The third-order valence-corrected chi connectivity index (χ3v) is 4.17. The molecule has 2 amide bonds. The molecule has 8 heteroatoms. The normalized spacial score (nSPS) is 10.7. The summed E-state index contributed by atoms with van der Waals surface area (Å²) in [6.45, 7) is 4.58. The van der Waals surface area contributed by atoms with Gasteiger partial charge in [0.05, 0.1) is 22.5 Å². The standard InChI is InChI=1S/C20H20ClN5O2/c1-13(2)11-22-19(27)16-9-8-14(10-17(16)21)24-20(28)18-12-23-26(25-18)15-6-4-3-5-7-15/h3-10,12-13H,11H2,1-2H3,(H,22,27)(H,24,28). The van der Waals surface area contributed by atoms with E-state index in [2.05, 4.69) is 20.8 Å². The van der Waals surface area contributed by atoms with Crippen LogP contribution in [-0.4, -0.2) is 33.4 Å². The maximum Gasteiger partial charge on any atom is 0.277 e. The monoisotopic (exact) mass is 397 g/mol. The largest absolute Gasteiger partial charge is 0.352 e. The van der Waals surface area contributed by atoms with Gasteiger partial charge in [0.1, 0.15) is 0 Å². The molecule has 0 saturated carbocycles. The summed E-state index contributed by atoms with van der Waals surface area (Å²) >= 11 is 6.21. The maximum atomic E-state index is 12.4. The van der Waals surface area contributed by atoms with Crippen molar-refractivity contribution in [3.8, 4) is 5.69 Å². The van der Waals surface area contributed by atoms with Crippen LogP contribution >= 0.6 is 11.6 Å². The number of rotatable bonds is 6. The summed E-state index contributed by atoms with van der Waals surface area (Å²) < 4.78 is 0. The minimum Gasteiger partial charge on any atom is -0.352 e. The number of amides is 2. The van der Waals surface area contributed by atoms with Gasteiger partial charge in [-0.05, 0) is 36.2 Å². The van der Waals surface area contributed by atoms with Gasteiger partial charge >= 0.3 is 0 Å². The number of hydrogen-bond acceptors (Lipinski definition) is 4. The molecule has 0 saturated heterocycles. The van der Waals surface area contributed by atoms with Crippen molar-refractivity contribution in [2.24, 2.45) is 5.92 Å². The van der Waals surface area contributed by atoms with Gasteiger partial charge in [-0.15, -0.1) is 5.10 Å². The van der Waals surface area contributed by atoms with Gasteiger partial charge in [0.2, 0.25) is 0 Å². The molecular formula is C20H20ClN5O2. The number of anilines is 1. The molecule has 2 N–H and O–H groups in total. The molecule has 1 heterocycles. The van der Waals surface area contributed by atoms with E-state index in [1.54, 1.807) is 12.1 Å². The van der Waals surface area contributed by atoms with Gasteiger partial charge in [-0.25, -0.2) is 0 Å². The lowest BCUT2D eigenvalue weighted by atomic mass is 10.1. The lowest BCUT2D eigenvalue weighted by Gasteiger charge is -2.10. The Morgan fingerprint density at radius 3 is 2.54 bits per heavy atom. The molecule has 0 aliphatic rings.